The van der Waals surface area contributed by atoms with Crippen molar-refractivity contribution in [3.8, 4) is 0 Å². The van der Waals surface area contributed by atoms with Crippen LogP contribution in [0.4, 0.5) is 0 Å². The number of esters is 1. The number of carbonyl (C=O) groups is 2. The molecule has 4 heteroatoms. The number of hydrogen-bond acceptors (Lipinski definition) is 3. The van der Waals surface area contributed by atoms with E-state index in [1.54, 1.807) is 13.0 Å². The molecule has 0 fully saturated rings. The molecule has 0 rings (SSSR count). The van der Waals surface area contributed by atoms with Crippen LogP contribution in [0.25, 0.3) is 0 Å². The SMILES string of the molecule is CC/C=C(\NC=O)C(=O)OCC. The van der Waals surface area contributed by atoms with Gasteiger partial charge in [0.1, 0.15) is 5.70 Å². The van der Waals surface area contributed by atoms with Crippen molar-refractivity contribution in [3.63, 3.8) is 0 Å². The van der Waals surface area contributed by atoms with Gasteiger partial charge in [0.2, 0.25) is 6.41 Å². The first kappa shape index (κ1) is 10.7. The lowest BCUT2D eigenvalue weighted by Gasteiger charge is -2.03. The summed E-state index contributed by atoms with van der Waals surface area (Å²) in [5, 5.41) is 2.27. The topological polar surface area (TPSA) is 55.4 Å². The van der Waals surface area contributed by atoms with E-state index in [9.17, 15) is 9.59 Å². The molecule has 0 spiro atoms. The average molecular weight is 171 g/mol. The molecule has 0 saturated carbocycles. The van der Waals surface area contributed by atoms with Gasteiger partial charge >= 0.3 is 5.97 Å². The Morgan fingerprint density at radius 3 is 2.58 bits per heavy atom. The van der Waals surface area contributed by atoms with Crippen molar-refractivity contribution in [2.45, 2.75) is 20.3 Å². The van der Waals surface area contributed by atoms with E-state index in [0.717, 1.165) is 0 Å². The molecule has 0 atom stereocenters. The molecule has 12 heavy (non-hydrogen) atoms. The zero-order valence-corrected chi connectivity index (χ0v) is 7.29. The minimum atomic E-state index is -0.494. The van der Waals surface area contributed by atoms with Gasteiger partial charge in [-0.15, -0.1) is 0 Å². The van der Waals surface area contributed by atoms with Crippen LogP contribution in [-0.4, -0.2) is 19.0 Å². The molecule has 0 bridgehead atoms. The number of ether oxygens (including phenoxy) is 1. The Hall–Kier alpha value is -1.32. The summed E-state index contributed by atoms with van der Waals surface area (Å²) in [4.78, 5) is 21.1. The predicted molar refractivity (Wildman–Crippen MR) is 44.2 cm³/mol. The number of amides is 1. The summed E-state index contributed by atoms with van der Waals surface area (Å²) in [7, 11) is 0. The molecule has 0 saturated heterocycles. The summed E-state index contributed by atoms with van der Waals surface area (Å²) in [5.41, 5.74) is 0.203. The maximum atomic E-state index is 11.0. The van der Waals surface area contributed by atoms with E-state index < -0.39 is 5.97 Å². The molecule has 0 aromatic heterocycles. The van der Waals surface area contributed by atoms with Gasteiger partial charge < -0.3 is 10.1 Å². The van der Waals surface area contributed by atoms with Crippen LogP contribution < -0.4 is 5.32 Å². The lowest BCUT2D eigenvalue weighted by molar-refractivity contribution is -0.139. The summed E-state index contributed by atoms with van der Waals surface area (Å²) in [5.74, 6) is -0.494. The molecule has 1 amide bonds. The first-order chi connectivity index (χ1) is 5.76. The highest BCUT2D eigenvalue weighted by Gasteiger charge is 2.07. The van der Waals surface area contributed by atoms with Crippen LogP contribution in [0.5, 0.6) is 0 Å². The Kier molecular flexibility index (Phi) is 5.69. The number of carbonyl (C=O) groups excluding carboxylic acids is 2. The molecule has 0 aliphatic rings. The quantitative estimate of drug-likeness (QED) is 0.374. The van der Waals surface area contributed by atoms with Crippen LogP contribution >= 0.6 is 0 Å². The predicted octanol–water partition coefficient (Wildman–Crippen LogP) is 0.589. The van der Waals surface area contributed by atoms with Gasteiger partial charge in [-0.2, -0.15) is 0 Å². The fraction of sp³-hybridized carbons (Fsp3) is 0.500. The van der Waals surface area contributed by atoms with Gasteiger partial charge in [0.25, 0.3) is 0 Å². The molecule has 68 valence electrons. The molecule has 0 radical (unpaired) electrons. The summed E-state index contributed by atoms with van der Waals surface area (Å²) >= 11 is 0. The van der Waals surface area contributed by atoms with E-state index in [4.69, 9.17) is 0 Å². The van der Waals surface area contributed by atoms with Crippen molar-refractivity contribution >= 4 is 12.4 Å². The van der Waals surface area contributed by atoms with E-state index in [1.807, 2.05) is 6.92 Å². The summed E-state index contributed by atoms with van der Waals surface area (Å²) in [6.45, 7) is 3.88. The molecular weight excluding hydrogens is 158 g/mol. The standard InChI is InChI=1S/C8H13NO3/c1-3-5-7(9-6-10)8(11)12-4-2/h5-6H,3-4H2,1-2H3,(H,9,10)/b7-5-. The van der Waals surface area contributed by atoms with E-state index in [1.165, 1.54) is 0 Å². The van der Waals surface area contributed by atoms with E-state index in [0.29, 0.717) is 19.4 Å². The van der Waals surface area contributed by atoms with Crippen LogP contribution in [0.1, 0.15) is 20.3 Å². The number of rotatable bonds is 5. The molecule has 0 unspecified atom stereocenters. The lowest BCUT2D eigenvalue weighted by Crippen LogP contribution is -2.20. The van der Waals surface area contributed by atoms with Crippen molar-refractivity contribution in [1.29, 1.82) is 0 Å². The average Bonchev–Trinajstić information content (AvgIpc) is 2.04. The fourth-order valence-corrected chi connectivity index (χ4v) is 0.678. The van der Waals surface area contributed by atoms with E-state index in [2.05, 4.69) is 10.1 Å². The van der Waals surface area contributed by atoms with Gasteiger partial charge in [-0.05, 0) is 13.3 Å². The normalized spacial score (nSPS) is 10.7. The maximum Gasteiger partial charge on any atom is 0.354 e. The van der Waals surface area contributed by atoms with Gasteiger partial charge in [0.05, 0.1) is 6.61 Å². The second kappa shape index (κ2) is 6.39. The molecule has 0 aliphatic carbocycles. The van der Waals surface area contributed by atoms with Gasteiger partial charge in [-0.25, -0.2) is 4.79 Å². The Labute approximate surface area is 71.6 Å². The highest BCUT2D eigenvalue weighted by atomic mass is 16.5. The third-order valence-corrected chi connectivity index (χ3v) is 1.12. The highest BCUT2D eigenvalue weighted by molar-refractivity contribution is 5.90. The molecular formula is C8H13NO3. The zero-order valence-electron chi connectivity index (χ0n) is 7.29. The number of nitrogens with one attached hydrogen (secondary N) is 1. The number of hydrogen-bond donors (Lipinski definition) is 1. The van der Waals surface area contributed by atoms with E-state index in [-0.39, 0.29) is 5.70 Å². The smallest absolute Gasteiger partial charge is 0.354 e. The molecule has 1 N–H and O–H groups in total. The molecule has 0 heterocycles. The first-order valence-corrected chi connectivity index (χ1v) is 3.83. The van der Waals surface area contributed by atoms with Crippen LogP contribution in [0.2, 0.25) is 0 Å². The van der Waals surface area contributed by atoms with Gasteiger partial charge in [0, 0.05) is 0 Å². The Bertz CT molecular complexity index is 187. The monoisotopic (exact) mass is 171 g/mol. The Morgan fingerprint density at radius 1 is 1.50 bits per heavy atom. The molecule has 0 aromatic carbocycles. The molecule has 0 aliphatic heterocycles. The van der Waals surface area contributed by atoms with Crippen molar-refractivity contribution < 1.29 is 14.3 Å². The highest BCUT2D eigenvalue weighted by Crippen LogP contribution is 1.94. The number of allylic oxidation sites excluding steroid dienone is 1. The lowest BCUT2D eigenvalue weighted by atomic mass is 10.3. The van der Waals surface area contributed by atoms with Gasteiger partial charge in [-0.3, -0.25) is 4.79 Å². The van der Waals surface area contributed by atoms with Crippen LogP contribution in [-0.2, 0) is 14.3 Å². The fourth-order valence-electron chi connectivity index (χ4n) is 0.678. The van der Waals surface area contributed by atoms with Crippen molar-refractivity contribution in [1.82, 2.24) is 5.32 Å². The first-order valence-electron chi connectivity index (χ1n) is 3.83. The van der Waals surface area contributed by atoms with Crippen LogP contribution in [0.15, 0.2) is 11.8 Å². The summed E-state index contributed by atoms with van der Waals surface area (Å²) < 4.78 is 4.68. The third kappa shape index (κ3) is 3.75. The summed E-state index contributed by atoms with van der Waals surface area (Å²) in [6.07, 6.45) is 2.74. The van der Waals surface area contributed by atoms with Crippen molar-refractivity contribution in [2.75, 3.05) is 6.61 Å². The molecule has 0 aromatic rings. The summed E-state index contributed by atoms with van der Waals surface area (Å²) in [6, 6.07) is 0. The van der Waals surface area contributed by atoms with E-state index >= 15 is 0 Å². The minimum Gasteiger partial charge on any atom is -0.461 e. The second-order valence-corrected chi connectivity index (χ2v) is 2.01. The zero-order chi connectivity index (χ0) is 9.40. The van der Waals surface area contributed by atoms with Gasteiger partial charge in [-0.1, -0.05) is 13.0 Å². The van der Waals surface area contributed by atoms with Gasteiger partial charge in [0.15, 0.2) is 0 Å². The van der Waals surface area contributed by atoms with Crippen LogP contribution in [0.3, 0.4) is 0 Å². The van der Waals surface area contributed by atoms with Crippen LogP contribution in [0, 0.1) is 0 Å². The molecule has 4 nitrogen and oxygen atoms in total. The second-order valence-electron chi connectivity index (χ2n) is 2.01. The minimum absolute atomic E-state index is 0.203. The largest absolute Gasteiger partial charge is 0.461 e. The van der Waals surface area contributed by atoms with Crippen molar-refractivity contribution in [3.05, 3.63) is 11.8 Å². The Morgan fingerprint density at radius 2 is 2.17 bits per heavy atom. The Balaban J connectivity index is 4.18. The van der Waals surface area contributed by atoms with Crippen molar-refractivity contribution in [2.24, 2.45) is 0 Å². The third-order valence-electron chi connectivity index (χ3n) is 1.12. The maximum absolute atomic E-state index is 11.0.